The summed E-state index contributed by atoms with van der Waals surface area (Å²) in [6, 6.07) is 0. The second kappa shape index (κ2) is 4.73. The highest BCUT2D eigenvalue weighted by molar-refractivity contribution is 4.69. The second-order valence-electron chi connectivity index (χ2n) is 3.68. The Morgan fingerprint density at radius 2 is 1.27 bits per heavy atom. The molecule has 11 heavy (non-hydrogen) atoms. The minimum atomic E-state index is -0.0758. The van der Waals surface area contributed by atoms with E-state index in [1.165, 1.54) is 44.9 Å². The summed E-state index contributed by atoms with van der Waals surface area (Å²) in [5, 5.41) is 0. The molecule has 66 valence electrons. The van der Waals surface area contributed by atoms with Gasteiger partial charge in [0.05, 0.1) is 6.17 Å². The Morgan fingerprint density at radius 3 is 1.73 bits per heavy atom. The minimum Gasteiger partial charge on any atom is -0.316 e. The smallest absolute Gasteiger partial charge is 0.0549 e. The van der Waals surface area contributed by atoms with E-state index in [0.717, 1.165) is 0 Å². The summed E-state index contributed by atoms with van der Waals surface area (Å²) in [7, 11) is 0. The maximum atomic E-state index is 5.67. The molecule has 0 heterocycles. The van der Waals surface area contributed by atoms with Crippen LogP contribution < -0.4 is 11.5 Å². The van der Waals surface area contributed by atoms with Gasteiger partial charge in [-0.1, -0.05) is 32.1 Å². The average Bonchev–Trinajstić information content (AvgIpc) is 1.84. The second-order valence-corrected chi connectivity index (χ2v) is 3.68. The van der Waals surface area contributed by atoms with Crippen molar-refractivity contribution in [2.45, 2.75) is 51.1 Å². The zero-order chi connectivity index (χ0) is 8.10. The van der Waals surface area contributed by atoms with E-state index in [0.29, 0.717) is 5.92 Å². The van der Waals surface area contributed by atoms with Gasteiger partial charge in [0.15, 0.2) is 0 Å². The maximum Gasteiger partial charge on any atom is 0.0549 e. The number of rotatable bonds is 1. The fourth-order valence-electron chi connectivity index (χ4n) is 1.87. The first-order valence-corrected chi connectivity index (χ1v) is 4.82. The normalized spacial score (nSPS) is 23.2. The molecule has 0 aromatic heterocycles. The molecule has 0 spiro atoms. The summed E-state index contributed by atoms with van der Waals surface area (Å²) in [4.78, 5) is 0. The molecule has 0 unspecified atom stereocenters. The Labute approximate surface area is 69.3 Å². The van der Waals surface area contributed by atoms with Crippen LogP contribution in [0.4, 0.5) is 0 Å². The lowest BCUT2D eigenvalue weighted by Gasteiger charge is -2.22. The molecule has 0 radical (unpaired) electrons. The van der Waals surface area contributed by atoms with Crippen molar-refractivity contribution in [1.82, 2.24) is 0 Å². The first-order chi connectivity index (χ1) is 5.30. The molecular weight excluding hydrogens is 136 g/mol. The van der Waals surface area contributed by atoms with Crippen LogP contribution in [0.2, 0.25) is 0 Å². The Morgan fingerprint density at radius 1 is 0.818 bits per heavy atom. The van der Waals surface area contributed by atoms with Crippen LogP contribution in [0.25, 0.3) is 0 Å². The Kier molecular flexibility index (Phi) is 3.87. The third kappa shape index (κ3) is 3.21. The molecule has 0 atom stereocenters. The number of hydrogen-bond acceptors (Lipinski definition) is 2. The third-order valence-electron chi connectivity index (χ3n) is 2.69. The highest BCUT2D eigenvalue weighted by atomic mass is 14.9. The lowest BCUT2D eigenvalue weighted by Crippen LogP contribution is -2.38. The summed E-state index contributed by atoms with van der Waals surface area (Å²) >= 11 is 0. The van der Waals surface area contributed by atoms with Crippen LogP contribution >= 0.6 is 0 Å². The fraction of sp³-hybridized carbons (Fsp3) is 1.00. The van der Waals surface area contributed by atoms with Crippen molar-refractivity contribution < 1.29 is 0 Å². The first kappa shape index (κ1) is 9.01. The van der Waals surface area contributed by atoms with E-state index in [2.05, 4.69) is 0 Å². The largest absolute Gasteiger partial charge is 0.316 e. The minimum absolute atomic E-state index is 0.0758. The molecule has 1 saturated carbocycles. The summed E-state index contributed by atoms with van der Waals surface area (Å²) in [5.74, 6) is 0.593. The zero-order valence-corrected chi connectivity index (χ0v) is 7.26. The Balaban J connectivity index is 2.26. The SMILES string of the molecule is NC(N)C1CCCCCCC1. The van der Waals surface area contributed by atoms with Gasteiger partial charge in [-0.05, 0) is 18.8 Å². The molecule has 0 bridgehead atoms. The van der Waals surface area contributed by atoms with E-state index >= 15 is 0 Å². The van der Waals surface area contributed by atoms with Crippen LogP contribution in [0.5, 0.6) is 0 Å². The summed E-state index contributed by atoms with van der Waals surface area (Å²) in [6.45, 7) is 0. The summed E-state index contributed by atoms with van der Waals surface area (Å²) < 4.78 is 0. The lowest BCUT2D eigenvalue weighted by molar-refractivity contribution is 0.328. The van der Waals surface area contributed by atoms with Gasteiger partial charge in [-0.15, -0.1) is 0 Å². The summed E-state index contributed by atoms with van der Waals surface area (Å²) in [6.07, 6.45) is 9.24. The summed E-state index contributed by atoms with van der Waals surface area (Å²) in [5.41, 5.74) is 11.3. The molecule has 4 N–H and O–H groups in total. The molecule has 1 aliphatic carbocycles. The third-order valence-corrected chi connectivity index (χ3v) is 2.69. The van der Waals surface area contributed by atoms with Crippen molar-refractivity contribution in [3.8, 4) is 0 Å². The van der Waals surface area contributed by atoms with Crippen LogP contribution in [0.3, 0.4) is 0 Å². The average molecular weight is 156 g/mol. The molecule has 0 aliphatic heterocycles. The van der Waals surface area contributed by atoms with Crippen LogP contribution in [0, 0.1) is 5.92 Å². The van der Waals surface area contributed by atoms with Gasteiger partial charge in [0, 0.05) is 0 Å². The van der Waals surface area contributed by atoms with Gasteiger partial charge < -0.3 is 11.5 Å². The van der Waals surface area contributed by atoms with Crippen molar-refractivity contribution in [3.05, 3.63) is 0 Å². The molecule has 2 nitrogen and oxygen atoms in total. The predicted molar refractivity (Wildman–Crippen MR) is 48.0 cm³/mol. The van der Waals surface area contributed by atoms with Gasteiger partial charge in [-0.2, -0.15) is 0 Å². The molecule has 0 amide bonds. The zero-order valence-electron chi connectivity index (χ0n) is 7.26. The van der Waals surface area contributed by atoms with E-state index in [1.54, 1.807) is 0 Å². The molecule has 0 aromatic rings. The topological polar surface area (TPSA) is 52.0 Å². The Bertz CT molecular complexity index is 93.7. The molecule has 1 fully saturated rings. The van der Waals surface area contributed by atoms with E-state index < -0.39 is 0 Å². The van der Waals surface area contributed by atoms with Crippen molar-refractivity contribution in [2.24, 2.45) is 17.4 Å². The molecule has 1 rings (SSSR count). The highest BCUT2D eigenvalue weighted by Gasteiger charge is 2.14. The molecule has 1 aliphatic rings. The van der Waals surface area contributed by atoms with Crippen LogP contribution in [-0.4, -0.2) is 6.17 Å². The number of nitrogens with two attached hydrogens (primary N) is 2. The van der Waals surface area contributed by atoms with Gasteiger partial charge in [-0.3, -0.25) is 0 Å². The molecular formula is C9H20N2. The van der Waals surface area contributed by atoms with Crippen molar-refractivity contribution in [3.63, 3.8) is 0 Å². The first-order valence-electron chi connectivity index (χ1n) is 4.82. The predicted octanol–water partition coefficient (Wildman–Crippen LogP) is 1.59. The van der Waals surface area contributed by atoms with E-state index in [9.17, 15) is 0 Å². The highest BCUT2D eigenvalue weighted by Crippen LogP contribution is 2.22. The molecule has 0 aromatic carbocycles. The van der Waals surface area contributed by atoms with Gasteiger partial charge in [-0.25, -0.2) is 0 Å². The van der Waals surface area contributed by atoms with Crippen LogP contribution in [0.1, 0.15) is 44.9 Å². The van der Waals surface area contributed by atoms with Crippen LogP contribution in [0.15, 0.2) is 0 Å². The van der Waals surface area contributed by atoms with Gasteiger partial charge in [0.25, 0.3) is 0 Å². The Hall–Kier alpha value is -0.0800. The maximum absolute atomic E-state index is 5.67. The van der Waals surface area contributed by atoms with Gasteiger partial charge in [0.1, 0.15) is 0 Å². The van der Waals surface area contributed by atoms with E-state index in [4.69, 9.17) is 11.5 Å². The molecule has 2 heteroatoms. The lowest BCUT2D eigenvalue weighted by atomic mass is 9.89. The van der Waals surface area contributed by atoms with E-state index in [1.807, 2.05) is 0 Å². The fourth-order valence-corrected chi connectivity index (χ4v) is 1.87. The van der Waals surface area contributed by atoms with Gasteiger partial charge in [0.2, 0.25) is 0 Å². The van der Waals surface area contributed by atoms with Crippen molar-refractivity contribution >= 4 is 0 Å². The van der Waals surface area contributed by atoms with Gasteiger partial charge >= 0.3 is 0 Å². The standard InChI is InChI=1S/C9H20N2/c10-9(11)8-6-4-2-1-3-5-7-8/h8-9H,1-7,10-11H2. The van der Waals surface area contributed by atoms with Crippen molar-refractivity contribution in [2.75, 3.05) is 0 Å². The van der Waals surface area contributed by atoms with Crippen LogP contribution in [-0.2, 0) is 0 Å². The monoisotopic (exact) mass is 156 g/mol. The quantitative estimate of drug-likeness (QED) is 0.566. The van der Waals surface area contributed by atoms with Crippen molar-refractivity contribution in [1.29, 1.82) is 0 Å². The number of hydrogen-bond donors (Lipinski definition) is 2. The van der Waals surface area contributed by atoms with E-state index in [-0.39, 0.29) is 6.17 Å². The molecule has 0 saturated heterocycles.